The summed E-state index contributed by atoms with van der Waals surface area (Å²) >= 11 is 3.26. The van der Waals surface area contributed by atoms with Gasteiger partial charge in [0, 0.05) is 5.33 Å². The molecular weight excluding hydrogens is 272 g/mol. The number of alkyl halides is 1. The van der Waals surface area contributed by atoms with Gasteiger partial charge in [0.25, 0.3) is 5.91 Å². The third-order valence-electron chi connectivity index (χ3n) is 2.43. The molecule has 3 amide bonds. The van der Waals surface area contributed by atoms with Crippen LogP contribution in [0.1, 0.15) is 6.42 Å². The van der Waals surface area contributed by atoms with E-state index in [1.165, 1.54) is 4.90 Å². The zero-order valence-electron chi connectivity index (χ0n) is 8.52. The summed E-state index contributed by atoms with van der Waals surface area (Å²) in [5.74, 6) is -0.185. The number of imide groups is 1. The van der Waals surface area contributed by atoms with Gasteiger partial charge in [0.05, 0.1) is 5.69 Å². The quantitative estimate of drug-likeness (QED) is 0.680. The number of para-hydroxylation sites is 1. The average molecular weight is 283 g/mol. The molecule has 0 saturated carbocycles. The van der Waals surface area contributed by atoms with Crippen LogP contribution in [0.5, 0.6) is 0 Å². The number of hydrogen-bond donors (Lipinski definition) is 1. The molecule has 1 aliphatic heterocycles. The highest BCUT2D eigenvalue weighted by atomic mass is 79.9. The number of amides is 3. The average Bonchev–Trinajstić information content (AvgIpc) is 2.56. The first-order valence-electron chi connectivity index (χ1n) is 4.99. The number of benzene rings is 1. The van der Waals surface area contributed by atoms with Gasteiger partial charge in [-0.3, -0.25) is 4.79 Å². The first-order valence-corrected chi connectivity index (χ1v) is 6.11. The lowest BCUT2D eigenvalue weighted by molar-refractivity contribution is -0.118. The van der Waals surface area contributed by atoms with Crippen LogP contribution in [0.2, 0.25) is 0 Å². The molecule has 0 bridgehead atoms. The highest BCUT2D eigenvalue weighted by Crippen LogP contribution is 2.20. The van der Waals surface area contributed by atoms with Crippen molar-refractivity contribution < 1.29 is 9.59 Å². The van der Waals surface area contributed by atoms with Gasteiger partial charge in [-0.1, -0.05) is 34.1 Å². The number of anilines is 1. The Morgan fingerprint density at radius 3 is 2.56 bits per heavy atom. The summed E-state index contributed by atoms with van der Waals surface area (Å²) in [5.41, 5.74) is 0.613. The smallest absolute Gasteiger partial charge is 0.325 e. The Bertz CT molecular complexity index is 408. The van der Waals surface area contributed by atoms with Gasteiger partial charge in [0.1, 0.15) is 6.04 Å². The van der Waals surface area contributed by atoms with Crippen molar-refractivity contribution in [2.24, 2.45) is 0 Å². The zero-order valence-corrected chi connectivity index (χ0v) is 10.1. The van der Waals surface area contributed by atoms with E-state index in [0.717, 1.165) is 0 Å². The largest absolute Gasteiger partial charge is 0.329 e. The predicted molar refractivity (Wildman–Crippen MR) is 64.7 cm³/mol. The van der Waals surface area contributed by atoms with Crippen molar-refractivity contribution in [2.75, 3.05) is 10.2 Å². The monoisotopic (exact) mass is 282 g/mol. The maximum atomic E-state index is 11.9. The molecule has 0 spiro atoms. The van der Waals surface area contributed by atoms with E-state index in [0.29, 0.717) is 17.4 Å². The van der Waals surface area contributed by atoms with Crippen LogP contribution in [-0.2, 0) is 4.79 Å². The first kappa shape index (κ1) is 11.1. The van der Waals surface area contributed by atoms with E-state index in [9.17, 15) is 9.59 Å². The Kier molecular flexibility index (Phi) is 3.24. The lowest BCUT2D eigenvalue weighted by Crippen LogP contribution is -2.31. The fourth-order valence-electron chi connectivity index (χ4n) is 1.66. The first-order chi connectivity index (χ1) is 7.74. The molecular formula is C11H11BrN2O2. The number of nitrogens with zero attached hydrogens (tertiary/aromatic N) is 1. The van der Waals surface area contributed by atoms with Gasteiger partial charge in [-0.05, 0) is 18.6 Å². The lowest BCUT2D eigenvalue weighted by Gasteiger charge is -2.12. The van der Waals surface area contributed by atoms with E-state index in [-0.39, 0.29) is 11.9 Å². The third-order valence-corrected chi connectivity index (χ3v) is 2.89. The van der Waals surface area contributed by atoms with Gasteiger partial charge in [-0.15, -0.1) is 0 Å². The molecule has 1 heterocycles. The van der Waals surface area contributed by atoms with E-state index >= 15 is 0 Å². The SMILES string of the molecule is O=C1NC(CCBr)C(=O)N1c1ccccc1. The minimum Gasteiger partial charge on any atom is -0.325 e. The van der Waals surface area contributed by atoms with Crippen LogP contribution in [0.15, 0.2) is 30.3 Å². The summed E-state index contributed by atoms with van der Waals surface area (Å²) in [6.45, 7) is 0. The maximum absolute atomic E-state index is 11.9. The van der Waals surface area contributed by atoms with E-state index in [2.05, 4.69) is 21.2 Å². The number of nitrogens with one attached hydrogen (secondary N) is 1. The van der Waals surface area contributed by atoms with Crippen molar-refractivity contribution in [3.8, 4) is 0 Å². The van der Waals surface area contributed by atoms with Crippen LogP contribution in [0.3, 0.4) is 0 Å². The summed E-state index contributed by atoms with van der Waals surface area (Å²) in [5, 5.41) is 3.35. The molecule has 1 aromatic rings. The van der Waals surface area contributed by atoms with Crippen LogP contribution in [0.25, 0.3) is 0 Å². The van der Waals surface area contributed by atoms with Crippen molar-refractivity contribution in [3.63, 3.8) is 0 Å². The summed E-state index contributed by atoms with van der Waals surface area (Å²) in [4.78, 5) is 24.8. The van der Waals surface area contributed by atoms with E-state index in [4.69, 9.17) is 0 Å². The molecule has 0 aliphatic carbocycles. The third kappa shape index (κ3) is 1.95. The molecule has 4 nitrogen and oxygen atoms in total. The van der Waals surface area contributed by atoms with Gasteiger partial charge < -0.3 is 5.32 Å². The van der Waals surface area contributed by atoms with Gasteiger partial charge in [0.15, 0.2) is 0 Å². The number of carbonyl (C=O) groups excluding carboxylic acids is 2. The maximum Gasteiger partial charge on any atom is 0.329 e. The van der Waals surface area contributed by atoms with E-state index in [1.54, 1.807) is 24.3 Å². The van der Waals surface area contributed by atoms with Crippen molar-refractivity contribution in [1.82, 2.24) is 5.32 Å². The molecule has 1 unspecified atom stereocenters. The molecule has 16 heavy (non-hydrogen) atoms. The molecule has 1 saturated heterocycles. The molecule has 2 rings (SSSR count). The highest BCUT2D eigenvalue weighted by molar-refractivity contribution is 9.09. The van der Waals surface area contributed by atoms with Crippen molar-refractivity contribution >= 4 is 33.6 Å². The highest BCUT2D eigenvalue weighted by Gasteiger charge is 2.38. The minimum atomic E-state index is -0.410. The molecule has 1 atom stereocenters. The Morgan fingerprint density at radius 2 is 1.94 bits per heavy atom. The van der Waals surface area contributed by atoms with Gasteiger partial charge in [-0.2, -0.15) is 0 Å². The number of hydrogen-bond acceptors (Lipinski definition) is 2. The van der Waals surface area contributed by atoms with Crippen LogP contribution in [-0.4, -0.2) is 23.3 Å². The molecule has 0 radical (unpaired) electrons. The van der Waals surface area contributed by atoms with Crippen LogP contribution < -0.4 is 10.2 Å². The fraction of sp³-hybridized carbons (Fsp3) is 0.273. The molecule has 1 aliphatic rings. The Balaban J connectivity index is 2.23. The van der Waals surface area contributed by atoms with Crippen molar-refractivity contribution in [2.45, 2.75) is 12.5 Å². The normalized spacial score (nSPS) is 20.1. The fourth-order valence-corrected chi connectivity index (χ4v) is 2.12. The van der Waals surface area contributed by atoms with Crippen LogP contribution >= 0.6 is 15.9 Å². The van der Waals surface area contributed by atoms with Crippen molar-refractivity contribution in [1.29, 1.82) is 0 Å². The topological polar surface area (TPSA) is 49.4 Å². The standard InChI is InChI=1S/C11H11BrN2O2/c12-7-6-9-10(15)14(11(16)13-9)8-4-2-1-3-5-8/h1-5,9H,6-7H2,(H,13,16). The summed E-state index contributed by atoms with van der Waals surface area (Å²) in [6.07, 6.45) is 0.605. The Labute approximate surface area is 102 Å². The molecule has 1 aromatic carbocycles. The lowest BCUT2D eigenvalue weighted by atomic mass is 10.2. The Hall–Kier alpha value is -1.36. The number of carbonyl (C=O) groups is 2. The second kappa shape index (κ2) is 4.65. The summed E-state index contributed by atoms with van der Waals surface area (Å²) in [7, 11) is 0. The van der Waals surface area contributed by atoms with E-state index < -0.39 is 6.04 Å². The van der Waals surface area contributed by atoms with Gasteiger partial charge >= 0.3 is 6.03 Å². The molecule has 0 aromatic heterocycles. The number of halogens is 1. The molecule has 5 heteroatoms. The summed E-state index contributed by atoms with van der Waals surface area (Å²) in [6, 6.07) is 8.18. The minimum absolute atomic E-state index is 0.185. The number of rotatable bonds is 3. The molecule has 1 fully saturated rings. The van der Waals surface area contributed by atoms with Crippen LogP contribution in [0.4, 0.5) is 10.5 Å². The second-order valence-corrected chi connectivity index (χ2v) is 4.28. The second-order valence-electron chi connectivity index (χ2n) is 3.49. The van der Waals surface area contributed by atoms with Crippen molar-refractivity contribution in [3.05, 3.63) is 30.3 Å². The summed E-state index contributed by atoms with van der Waals surface area (Å²) < 4.78 is 0. The zero-order chi connectivity index (χ0) is 11.5. The Morgan fingerprint density at radius 1 is 1.25 bits per heavy atom. The predicted octanol–water partition coefficient (Wildman–Crippen LogP) is 1.90. The van der Waals surface area contributed by atoms with Gasteiger partial charge in [-0.25, -0.2) is 9.69 Å². The molecule has 84 valence electrons. The van der Waals surface area contributed by atoms with Gasteiger partial charge in [0.2, 0.25) is 0 Å². The number of urea groups is 1. The van der Waals surface area contributed by atoms with Crippen LogP contribution in [0, 0.1) is 0 Å². The molecule has 1 N–H and O–H groups in total. The van der Waals surface area contributed by atoms with E-state index in [1.807, 2.05) is 6.07 Å².